The van der Waals surface area contributed by atoms with E-state index in [0.29, 0.717) is 19.3 Å². The van der Waals surface area contributed by atoms with Crippen molar-refractivity contribution in [3.8, 4) is 0 Å². The quantitative estimate of drug-likeness (QED) is 0.0161. The first kappa shape index (κ1) is 49.1. The van der Waals surface area contributed by atoms with E-state index in [0.717, 1.165) is 38.0 Å². The van der Waals surface area contributed by atoms with Gasteiger partial charge in [-0.05, 0) is 44.4 Å². The number of carbonyl (C=O) groups is 2. The lowest BCUT2D eigenvalue weighted by molar-refractivity contribution is -0.161. The van der Waals surface area contributed by atoms with Gasteiger partial charge in [-0.25, -0.2) is 4.57 Å². The van der Waals surface area contributed by atoms with Crippen LogP contribution in [0, 0.1) is 5.92 Å². The topological polar surface area (TPSA) is 169 Å². The second-order valence-electron chi connectivity index (χ2n) is 13.6. The molecule has 2 unspecified atom stereocenters. The Bertz CT molecular complexity index is 982. The van der Waals surface area contributed by atoms with Crippen LogP contribution in [-0.4, -0.2) is 76.9 Å². The zero-order valence-corrected chi connectivity index (χ0v) is 32.7. The molecule has 4 atom stereocenters. The van der Waals surface area contributed by atoms with Gasteiger partial charge >= 0.3 is 19.8 Å². The third kappa shape index (κ3) is 35.0. The summed E-state index contributed by atoms with van der Waals surface area (Å²) < 4.78 is 32.4. The number of rotatable bonds is 35. The van der Waals surface area contributed by atoms with Crippen LogP contribution in [0.1, 0.15) is 149 Å². The molecule has 0 amide bonds. The second-order valence-corrected chi connectivity index (χ2v) is 15.1. The number of unbranched alkanes of at least 4 members (excludes halogenated alkanes) is 12. The highest BCUT2D eigenvalue weighted by Gasteiger charge is 2.27. The van der Waals surface area contributed by atoms with E-state index in [9.17, 15) is 29.3 Å². The van der Waals surface area contributed by atoms with Crippen LogP contribution in [0.15, 0.2) is 36.5 Å². The fraction of sp³-hybridized carbons (Fsp3) is 0.795. The van der Waals surface area contributed by atoms with E-state index < -0.39 is 57.9 Å². The number of phosphoric ester groups is 1. The van der Waals surface area contributed by atoms with Gasteiger partial charge in [-0.15, -0.1) is 0 Å². The van der Waals surface area contributed by atoms with E-state index in [1.54, 1.807) is 12.2 Å². The van der Waals surface area contributed by atoms with Gasteiger partial charge in [0.1, 0.15) is 12.7 Å². The lowest BCUT2D eigenvalue weighted by Gasteiger charge is -2.20. The average Bonchev–Trinajstić information content (AvgIpc) is 3.09. The summed E-state index contributed by atoms with van der Waals surface area (Å²) >= 11 is 0. The molecule has 4 N–H and O–H groups in total. The summed E-state index contributed by atoms with van der Waals surface area (Å²) in [5.41, 5.74) is 0. The smallest absolute Gasteiger partial charge is 0.462 e. The number of aliphatic hydroxyl groups is 3. The summed E-state index contributed by atoms with van der Waals surface area (Å²) in [5.74, 6) is -0.397. The molecule has 0 aliphatic rings. The zero-order chi connectivity index (χ0) is 38.0. The van der Waals surface area contributed by atoms with Crippen molar-refractivity contribution in [2.24, 2.45) is 5.92 Å². The molecular formula is C39H71O11P. The molecule has 0 fully saturated rings. The summed E-state index contributed by atoms with van der Waals surface area (Å²) in [6.07, 6.45) is 27.5. The van der Waals surface area contributed by atoms with Crippen LogP contribution in [0.4, 0.5) is 0 Å². The highest BCUT2D eigenvalue weighted by atomic mass is 31.2. The summed E-state index contributed by atoms with van der Waals surface area (Å²) in [6, 6.07) is 0. The van der Waals surface area contributed by atoms with Gasteiger partial charge in [0.05, 0.1) is 25.9 Å². The van der Waals surface area contributed by atoms with Gasteiger partial charge in [0.2, 0.25) is 0 Å². The number of ether oxygens (including phenoxy) is 2. The normalized spacial score (nSPS) is 15.1. The molecule has 0 bridgehead atoms. The summed E-state index contributed by atoms with van der Waals surface area (Å²) in [6.45, 7) is 4.37. The molecule has 12 heteroatoms. The van der Waals surface area contributed by atoms with Crippen LogP contribution in [0.5, 0.6) is 0 Å². The molecule has 0 spiro atoms. The molecule has 11 nitrogen and oxygen atoms in total. The number of hydrogen-bond acceptors (Lipinski definition) is 10. The van der Waals surface area contributed by atoms with Gasteiger partial charge in [0.25, 0.3) is 0 Å². The van der Waals surface area contributed by atoms with Gasteiger partial charge in [0.15, 0.2) is 6.10 Å². The van der Waals surface area contributed by atoms with Crippen molar-refractivity contribution in [3.05, 3.63) is 36.5 Å². The number of phosphoric acid groups is 1. The van der Waals surface area contributed by atoms with E-state index in [1.165, 1.54) is 64.2 Å². The Morgan fingerprint density at radius 1 is 0.706 bits per heavy atom. The molecule has 298 valence electrons. The third-order valence-electron chi connectivity index (χ3n) is 8.08. The molecule has 0 rings (SSSR count). The van der Waals surface area contributed by atoms with Crippen LogP contribution in [0.2, 0.25) is 0 Å². The Morgan fingerprint density at radius 2 is 1.33 bits per heavy atom. The molecule has 0 aromatic rings. The largest absolute Gasteiger partial charge is 0.472 e. The van der Waals surface area contributed by atoms with Gasteiger partial charge in [-0.3, -0.25) is 18.6 Å². The van der Waals surface area contributed by atoms with E-state index in [4.69, 9.17) is 19.1 Å². The minimum absolute atomic E-state index is 0.0397. The fourth-order valence-electron chi connectivity index (χ4n) is 5.01. The zero-order valence-electron chi connectivity index (χ0n) is 31.8. The minimum atomic E-state index is -4.66. The molecule has 0 aromatic heterocycles. The van der Waals surface area contributed by atoms with Crippen LogP contribution in [-0.2, 0) is 32.7 Å². The molecule has 0 saturated heterocycles. The highest BCUT2D eigenvalue weighted by Crippen LogP contribution is 2.43. The molecule has 0 aliphatic carbocycles. The first-order valence-electron chi connectivity index (χ1n) is 19.4. The first-order chi connectivity index (χ1) is 24.5. The van der Waals surface area contributed by atoms with Crippen molar-refractivity contribution in [1.82, 2.24) is 0 Å². The number of allylic oxidation sites excluding steroid dienone is 5. The summed E-state index contributed by atoms with van der Waals surface area (Å²) in [5, 5.41) is 28.5. The molecule has 0 heterocycles. The predicted octanol–water partition coefficient (Wildman–Crippen LogP) is 8.44. The molecular weight excluding hydrogens is 675 g/mol. The van der Waals surface area contributed by atoms with Crippen molar-refractivity contribution >= 4 is 19.8 Å². The first-order valence-corrected chi connectivity index (χ1v) is 20.9. The number of hydrogen-bond donors (Lipinski definition) is 4. The third-order valence-corrected chi connectivity index (χ3v) is 9.03. The van der Waals surface area contributed by atoms with Crippen molar-refractivity contribution < 1.29 is 52.9 Å². The van der Waals surface area contributed by atoms with E-state index in [2.05, 4.69) is 37.4 Å². The van der Waals surface area contributed by atoms with Crippen LogP contribution in [0.3, 0.4) is 0 Å². The maximum atomic E-state index is 12.6. The van der Waals surface area contributed by atoms with Crippen molar-refractivity contribution in [3.63, 3.8) is 0 Å². The van der Waals surface area contributed by atoms with E-state index >= 15 is 0 Å². The molecule has 0 radical (unpaired) electrons. The van der Waals surface area contributed by atoms with Gasteiger partial charge < -0.3 is 29.7 Å². The van der Waals surface area contributed by atoms with Crippen LogP contribution >= 0.6 is 7.82 Å². The fourth-order valence-corrected chi connectivity index (χ4v) is 5.80. The standard InChI is InChI=1S/C39H71O11P/c1-4-5-6-7-8-9-10-11-12-13-16-19-22-26-35(41)27-24-29-39(44)50-37(33-49-51(45,46)48-31-36(42)30-40)32-47-38(43)28-23-20-17-14-15-18-21-25-34(2)3/h11-12,16,19,22,26,34-37,40-42H,4-10,13-15,17-18,20-21,23-25,27-33H2,1-3H3,(H,45,46)/b12-11+,19-16+,26-22+/t35?,36-,37+/m0/s1. The molecule has 0 aromatic carbocycles. The Kier molecular flexibility index (Phi) is 32.7. The SMILES string of the molecule is CCCCCCCC/C=C/C/C=C/C=C/C(O)CCCC(=O)O[C@H](COC(=O)CCCCCCCCCC(C)C)COP(=O)(O)OC[C@@H](O)CO. The monoisotopic (exact) mass is 746 g/mol. The van der Waals surface area contributed by atoms with Crippen LogP contribution in [0.25, 0.3) is 0 Å². The average molecular weight is 747 g/mol. The highest BCUT2D eigenvalue weighted by molar-refractivity contribution is 7.47. The summed E-state index contributed by atoms with van der Waals surface area (Å²) in [4.78, 5) is 34.8. The van der Waals surface area contributed by atoms with E-state index in [-0.39, 0.29) is 19.4 Å². The predicted molar refractivity (Wildman–Crippen MR) is 202 cm³/mol. The van der Waals surface area contributed by atoms with Gasteiger partial charge in [-0.1, -0.05) is 134 Å². The maximum Gasteiger partial charge on any atom is 0.472 e. The van der Waals surface area contributed by atoms with Crippen LogP contribution < -0.4 is 0 Å². The molecule has 0 aliphatic heterocycles. The Labute approximate surface area is 308 Å². The van der Waals surface area contributed by atoms with E-state index in [1.807, 2.05) is 12.2 Å². The lowest BCUT2D eigenvalue weighted by atomic mass is 10.0. The number of carbonyl (C=O) groups excluding carboxylic acids is 2. The Balaban J connectivity index is 4.57. The molecule has 51 heavy (non-hydrogen) atoms. The number of aliphatic hydroxyl groups excluding tert-OH is 3. The lowest BCUT2D eigenvalue weighted by Crippen LogP contribution is -2.30. The number of esters is 2. The summed E-state index contributed by atoms with van der Waals surface area (Å²) in [7, 11) is -4.66. The van der Waals surface area contributed by atoms with Gasteiger partial charge in [-0.2, -0.15) is 0 Å². The maximum absolute atomic E-state index is 12.6. The van der Waals surface area contributed by atoms with Crippen molar-refractivity contribution in [2.45, 2.75) is 167 Å². The Hall–Kier alpha value is -1.85. The molecule has 0 saturated carbocycles. The van der Waals surface area contributed by atoms with Crippen molar-refractivity contribution in [1.29, 1.82) is 0 Å². The second kappa shape index (κ2) is 34.0. The van der Waals surface area contributed by atoms with Gasteiger partial charge in [0, 0.05) is 12.8 Å². The Morgan fingerprint density at radius 3 is 2.02 bits per heavy atom. The minimum Gasteiger partial charge on any atom is -0.462 e. The van der Waals surface area contributed by atoms with Crippen molar-refractivity contribution in [2.75, 3.05) is 26.4 Å².